The molecule has 0 aromatic heterocycles. The van der Waals surface area contributed by atoms with E-state index < -0.39 is 17.8 Å². The van der Waals surface area contributed by atoms with Gasteiger partial charge in [-0.1, -0.05) is 0 Å². The second kappa shape index (κ2) is 8.77. The van der Waals surface area contributed by atoms with Crippen molar-refractivity contribution >= 4 is 11.6 Å². The first-order chi connectivity index (χ1) is 12.7. The minimum absolute atomic E-state index is 0.0467. The van der Waals surface area contributed by atoms with Crippen molar-refractivity contribution in [2.45, 2.75) is 12.3 Å². The van der Waals surface area contributed by atoms with Crippen LogP contribution in [0.2, 0.25) is 0 Å². The second-order valence-corrected chi connectivity index (χ2v) is 6.14. The van der Waals surface area contributed by atoms with Crippen molar-refractivity contribution < 1.29 is 27.8 Å². The van der Waals surface area contributed by atoms with Gasteiger partial charge in [-0.15, -0.1) is 0 Å². The van der Waals surface area contributed by atoms with Crippen LogP contribution in [0.1, 0.15) is 15.9 Å². The molecule has 146 valence electrons. The highest BCUT2D eigenvalue weighted by Crippen LogP contribution is 2.30. The van der Waals surface area contributed by atoms with Crippen molar-refractivity contribution in [2.24, 2.45) is 0 Å². The summed E-state index contributed by atoms with van der Waals surface area (Å²) >= 11 is 0. The van der Waals surface area contributed by atoms with Crippen molar-refractivity contribution in [1.82, 2.24) is 5.32 Å². The van der Waals surface area contributed by atoms with Crippen LogP contribution in [0.5, 0.6) is 5.75 Å². The van der Waals surface area contributed by atoms with Crippen molar-refractivity contribution in [3.8, 4) is 5.75 Å². The Labute approximate surface area is 155 Å². The fourth-order valence-corrected chi connectivity index (χ4v) is 2.22. The first kappa shape index (κ1) is 20.6. The molecule has 2 rings (SSSR count). The summed E-state index contributed by atoms with van der Waals surface area (Å²) in [5, 5.41) is 12.5. The maximum Gasteiger partial charge on any atom is 0.416 e. The van der Waals surface area contributed by atoms with Gasteiger partial charge >= 0.3 is 6.18 Å². The van der Waals surface area contributed by atoms with Crippen molar-refractivity contribution in [3.05, 3.63) is 59.7 Å². The average Bonchev–Trinajstić information content (AvgIpc) is 2.64. The lowest BCUT2D eigenvalue weighted by molar-refractivity contribution is -0.137. The van der Waals surface area contributed by atoms with Gasteiger partial charge in [0, 0.05) is 31.9 Å². The van der Waals surface area contributed by atoms with E-state index in [4.69, 9.17) is 4.74 Å². The third-order valence-electron chi connectivity index (χ3n) is 3.77. The van der Waals surface area contributed by atoms with E-state index >= 15 is 0 Å². The van der Waals surface area contributed by atoms with E-state index in [1.54, 1.807) is 24.3 Å². The predicted molar refractivity (Wildman–Crippen MR) is 96.0 cm³/mol. The van der Waals surface area contributed by atoms with Crippen molar-refractivity contribution in [1.29, 1.82) is 0 Å². The second-order valence-electron chi connectivity index (χ2n) is 6.14. The maximum absolute atomic E-state index is 12.5. The van der Waals surface area contributed by atoms with Crippen LogP contribution in [-0.4, -0.2) is 44.4 Å². The van der Waals surface area contributed by atoms with Crippen LogP contribution >= 0.6 is 0 Å². The van der Waals surface area contributed by atoms with Crippen LogP contribution in [-0.2, 0) is 6.18 Å². The summed E-state index contributed by atoms with van der Waals surface area (Å²) in [7, 11) is 3.78. The largest absolute Gasteiger partial charge is 0.491 e. The Bertz CT molecular complexity index is 744. The molecule has 0 spiro atoms. The molecule has 0 saturated heterocycles. The molecule has 0 aliphatic carbocycles. The van der Waals surface area contributed by atoms with Gasteiger partial charge in [-0.2, -0.15) is 13.2 Å². The Hall–Kier alpha value is -2.74. The zero-order chi connectivity index (χ0) is 20.0. The average molecular weight is 382 g/mol. The molecule has 2 aromatic carbocycles. The fraction of sp³-hybridized carbons (Fsp3) is 0.316. The van der Waals surface area contributed by atoms with E-state index in [0.29, 0.717) is 5.56 Å². The van der Waals surface area contributed by atoms with E-state index in [1.807, 2.05) is 19.0 Å². The van der Waals surface area contributed by atoms with Gasteiger partial charge in [-0.3, -0.25) is 4.79 Å². The molecule has 0 heterocycles. The molecule has 2 aromatic rings. The molecule has 1 amide bonds. The number of hydrogen-bond acceptors (Lipinski definition) is 4. The van der Waals surface area contributed by atoms with Gasteiger partial charge < -0.3 is 20.1 Å². The van der Waals surface area contributed by atoms with Crippen LogP contribution in [0.3, 0.4) is 0 Å². The number of alkyl halides is 3. The standard InChI is InChI=1S/C19H21F3N2O3/c1-24(2)15-7-3-13(4-8-15)18(26)23-11-16(25)12-27-17-9-5-14(6-10-17)19(20,21)22/h3-10,16,25H,11-12H2,1-2H3,(H,23,26). The number of anilines is 1. The molecular weight excluding hydrogens is 361 g/mol. The molecular formula is C19H21F3N2O3. The predicted octanol–water partition coefficient (Wildman–Crippen LogP) is 2.94. The number of aliphatic hydroxyl groups is 1. The summed E-state index contributed by atoms with van der Waals surface area (Å²) in [6, 6.07) is 11.1. The van der Waals surface area contributed by atoms with Gasteiger partial charge in [0.15, 0.2) is 0 Å². The number of ether oxygens (including phenoxy) is 1. The molecule has 1 atom stereocenters. The molecule has 8 heteroatoms. The molecule has 0 bridgehead atoms. The van der Waals surface area contributed by atoms with Crippen LogP contribution in [0, 0.1) is 0 Å². The Balaban J connectivity index is 1.78. The summed E-state index contributed by atoms with van der Waals surface area (Å²) < 4.78 is 42.7. The molecule has 27 heavy (non-hydrogen) atoms. The number of rotatable bonds is 7. The lowest BCUT2D eigenvalue weighted by atomic mass is 10.2. The number of carbonyl (C=O) groups is 1. The van der Waals surface area contributed by atoms with E-state index in [-0.39, 0.29) is 24.8 Å². The monoisotopic (exact) mass is 382 g/mol. The van der Waals surface area contributed by atoms with Crippen LogP contribution in [0.15, 0.2) is 48.5 Å². The summed E-state index contributed by atoms with van der Waals surface area (Å²) in [4.78, 5) is 14.0. The minimum Gasteiger partial charge on any atom is -0.491 e. The first-order valence-corrected chi connectivity index (χ1v) is 8.20. The summed E-state index contributed by atoms with van der Waals surface area (Å²) in [5.41, 5.74) is 0.635. The van der Waals surface area contributed by atoms with E-state index in [1.165, 1.54) is 12.1 Å². The van der Waals surface area contributed by atoms with Gasteiger partial charge in [-0.05, 0) is 48.5 Å². The Morgan fingerprint density at radius 2 is 1.70 bits per heavy atom. The molecule has 0 radical (unpaired) electrons. The topological polar surface area (TPSA) is 61.8 Å². The lowest BCUT2D eigenvalue weighted by Crippen LogP contribution is -2.35. The van der Waals surface area contributed by atoms with Gasteiger partial charge in [-0.25, -0.2) is 0 Å². The van der Waals surface area contributed by atoms with Gasteiger partial charge in [0.25, 0.3) is 5.91 Å². The molecule has 0 aliphatic heterocycles. The van der Waals surface area contributed by atoms with Gasteiger partial charge in [0.2, 0.25) is 0 Å². The Morgan fingerprint density at radius 3 is 2.22 bits per heavy atom. The normalized spacial score (nSPS) is 12.4. The number of nitrogens with one attached hydrogen (secondary N) is 1. The van der Waals surface area contributed by atoms with Crippen LogP contribution < -0.4 is 15.0 Å². The fourth-order valence-electron chi connectivity index (χ4n) is 2.22. The Kier molecular flexibility index (Phi) is 6.68. The minimum atomic E-state index is -4.41. The van der Waals surface area contributed by atoms with E-state index in [2.05, 4.69) is 5.32 Å². The number of carbonyl (C=O) groups excluding carboxylic acids is 1. The SMILES string of the molecule is CN(C)c1ccc(C(=O)NCC(O)COc2ccc(C(F)(F)F)cc2)cc1. The molecule has 0 saturated carbocycles. The Morgan fingerprint density at radius 1 is 1.11 bits per heavy atom. The smallest absolute Gasteiger partial charge is 0.416 e. The number of hydrogen-bond donors (Lipinski definition) is 2. The number of aliphatic hydroxyl groups excluding tert-OH is 1. The highest BCUT2D eigenvalue weighted by Gasteiger charge is 2.30. The first-order valence-electron chi connectivity index (χ1n) is 8.20. The summed E-state index contributed by atoms with van der Waals surface area (Å²) in [6.45, 7) is -0.208. The van der Waals surface area contributed by atoms with Gasteiger partial charge in [0.1, 0.15) is 18.5 Å². The van der Waals surface area contributed by atoms with Gasteiger partial charge in [0.05, 0.1) is 5.56 Å². The number of nitrogens with zero attached hydrogens (tertiary/aromatic N) is 1. The maximum atomic E-state index is 12.5. The van der Waals surface area contributed by atoms with Crippen molar-refractivity contribution in [3.63, 3.8) is 0 Å². The number of benzene rings is 2. The highest BCUT2D eigenvalue weighted by atomic mass is 19.4. The molecule has 5 nitrogen and oxygen atoms in total. The molecule has 0 fully saturated rings. The third-order valence-corrected chi connectivity index (χ3v) is 3.77. The van der Waals surface area contributed by atoms with Crippen molar-refractivity contribution in [2.75, 3.05) is 32.1 Å². The number of halogens is 3. The van der Waals surface area contributed by atoms with Crippen LogP contribution in [0.4, 0.5) is 18.9 Å². The lowest BCUT2D eigenvalue weighted by Gasteiger charge is -2.15. The zero-order valence-corrected chi connectivity index (χ0v) is 15.0. The molecule has 0 aliphatic rings. The molecule has 2 N–H and O–H groups in total. The van der Waals surface area contributed by atoms with E-state index in [0.717, 1.165) is 17.8 Å². The summed E-state index contributed by atoms with van der Waals surface area (Å²) in [5.74, 6) is -0.137. The number of amides is 1. The molecule has 1 unspecified atom stereocenters. The third kappa shape index (κ3) is 6.18. The van der Waals surface area contributed by atoms with E-state index in [9.17, 15) is 23.1 Å². The summed E-state index contributed by atoms with van der Waals surface area (Å²) in [6.07, 6.45) is -5.41. The van der Waals surface area contributed by atoms with Crippen LogP contribution in [0.25, 0.3) is 0 Å². The highest BCUT2D eigenvalue weighted by molar-refractivity contribution is 5.94. The quantitative estimate of drug-likeness (QED) is 0.773. The zero-order valence-electron chi connectivity index (χ0n) is 15.0.